The lowest BCUT2D eigenvalue weighted by Crippen LogP contribution is -2.53. The molecule has 2 aromatic carbocycles. The van der Waals surface area contributed by atoms with E-state index in [2.05, 4.69) is 15.6 Å². The molecule has 1 spiro atoms. The molecule has 43 heavy (non-hydrogen) atoms. The van der Waals surface area contributed by atoms with Crippen molar-refractivity contribution in [2.24, 2.45) is 11.3 Å². The Bertz CT molecular complexity index is 1510. The van der Waals surface area contributed by atoms with E-state index in [4.69, 9.17) is 9.47 Å². The summed E-state index contributed by atoms with van der Waals surface area (Å²) in [5, 5.41) is 6.61. The summed E-state index contributed by atoms with van der Waals surface area (Å²) >= 11 is 0. The van der Waals surface area contributed by atoms with Gasteiger partial charge in [0, 0.05) is 29.9 Å². The number of H-pyrrole nitrogens is 1. The van der Waals surface area contributed by atoms with Crippen molar-refractivity contribution in [3.63, 3.8) is 0 Å². The van der Waals surface area contributed by atoms with Gasteiger partial charge in [-0.2, -0.15) is 0 Å². The van der Waals surface area contributed by atoms with Gasteiger partial charge in [-0.15, -0.1) is 0 Å². The van der Waals surface area contributed by atoms with Crippen molar-refractivity contribution in [1.29, 1.82) is 0 Å². The number of ketones is 1. The number of carbonyl (C=O) groups excluding carboxylic acids is 4. The molecular weight excluding hydrogens is 548 g/mol. The SMILES string of the molecule is COc1cccc2[nH]c(C(=O)N3CC4(CC4)C[C@H]3C(=O)NC(C[C@@H]3CCCNC3=O)C(=O)COCc3ccccc3)cc12. The van der Waals surface area contributed by atoms with Crippen LogP contribution in [0, 0.1) is 11.3 Å². The Morgan fingerprint density at radius 3 is 2.67 bits per heavy atom. The minimum absolute atomic E-state index is 0.0665. The number of rotatable bonds is 11. The number of hydrogen-bond acceptors (Lipinski definition) is 6. The van der Waals surface area contributed by atoms with Gasteiger partial charge >= 0.3 is 0 Å². The molecular formula is C33H38N4O6. The third-order valence-electron chi connectivity index (χ3n) is 9.08. The highest BCUT2D eigenvalue weighted by Crippen LogP contribution is 2.55. The number of amides is 3. The highest BCUT2D eigenvalue weighted by atomic mass is 16.5. The second-order valence-corrected chi connectivity index (χ2v) is 12.1. The molecule has 3 N–H and O–H groups in total. The number of fused-ring (bicyclic) bond motifs is 1. The van der Waals surface area contributed by atoms with Crippen molar-refractivity contribution < 1.29 is 28.7 Å². The van der Waals surface area contributed by atoms with Crippen molar-refractivity contribution >= 4 is 34.4 Å². The Balaban J connectivity index is 1.18. The van der Waals surface area contributed by atoms with E-state index in [1.807, 2.05) is 48.5 Å². The number of nitrogens with one attached hydrogen (secondary N) is 3. The molecule has 1 aliphatic carbocycles. The lowest BCUT2D eigenvalue weighted by Gasteiger charge is -2.29. The fourth-order valence-electron chi connectivity index (χ4n) is 6.45. The van der Waals surface area contributed by atoms with Crippen molar-refractivity contribution in [2.45, 2.75) is 57.2 Å². The monoisotopic (exact) mass is 586 g/mol. The number of hydrogen-bond donors (Lipinski definition) is 3. The molecule has 10 nitrogen and oxygen atoms in total. The summed E-state index contributed by atoms with van der Waals surface area (Å²) in [6.07, 6.45) is 4.12. The minimum Gasteiger partial charge on any atom is -0.496 e. The maximum Gasteiger partial charge on any atom is 0.271 e. The first-order valence-electron chi connectivity index (χ1n) is 15.0. The Hall–Kier alpha value is -4.18. The van der Waals surface area contributed by atoms with Gasteiger partial charge in [0.15, 0.2) is 5.78 Å². The van der Waals surface area contributed by atoms with Crippen LogP contribution in [-0.2, 0) is 25.7 Å². The number of piperidine rings is 1. The third kappa shape index (κ3) is 6.29. The molecule has 3 amide bonds. The Kier molecular flexibility index (Phi) is 8.21. The van der Waals surface area contributed by atoms with E-state index in [0.29, 0.717) is 37.4 Å². The van der Waals surface area contributed by atoms with Crippen molar-refractivity contribution in [3.05, 3.63) is 65.9 Å². The maximum absolute atomic E-state index is 13.9. The van der Waals surface area contributed by atoms with E-state index in [1.165, 1.54) is 0 Å². The zero-order valence-electron chi connectivity index (χ0n) is 24.4. The number of methoxy groups -OCH3 is 1. The average Bonchev–Trinajstić information content (AvgIpc) is 3.45. The van der Waals surface area contributed by atoms with Crippen LogP contribution in [0.25, 0.3) is 10.9 Å². The number of nitrogens with zero attached hydrogens (tertiary/aromatic N) is 1. The summed E-state index contributed by atoms with van der Waals surface area (Å²) in [6.45, 7) is 1.17. The van der Waals surface area contributed by atoms with Crippen molar-refractivity contribution in [2.75, 3.05) is 26.8 Å². The second-order valence-electron chi connectivity index (χ2n) is 12.1. The van der Waals surface area contributed by atoms with Gasteiger partial charge in [-0.1, -0.05) is 36.4 Å². The standard InChI is InChI=1S/C33H38N4O6/c1-42-29-11-5-10-24-23(29)16-26(35-24)32(41)37-20-33(12-13-33)17-27(37)31(40)36-25(15-22-9-6-14-34-30(22)39)28(38)19-43-18-21-7-3-2-4-8-21/h2-5,7-8,10-11,16,22,25,27,35H,6,9,12-15,17-20H2,1H3,(H,34,39)(H,36,40)/t22-,25?,27-/m0/s1. The van der Waals surface area contributed by atoms with Crippen LogP contribution in [-0.4, -0.2) is 72.3 Å². The van der Waals surface area contributed by atoms with Gasteiger partial charge in [0.25, 0.3) is 5.91 Å². The highest BCUT2D eigenvalue weighted by molar-refractivity contribution is 6.02. The number of ether oxygens (including phenoxy) is 2. The predicted molar refractivity (Wildman–Crippen MR) is 159 cm³/mol. The van der Waals surface area contributed by atoms with Gasteiger partial charge in [-0.05, 0) is 67.7 Å². The summed E-state index contributed by atoms with van der Waals surface area (Å²) in [5.74, 6) is -0.750. The number of Topliss-reactive ketones (excluding diaryl/α,β-unsaturated/α-hetero) is 1. The quantitative estimate of drug-likeness (QED) is 0.316. The van der Waals surface area contributed by atoms with Crippen LogP contribution in [0.3, 0.4) is 0 Å². The highest BCUT2D eigenvalue weighted by Gasteiger charge is 2.55. The van der Waals surface area contributed by atoms with Gasteiger partial charge in [0.05, 0.1) is 19.8 Å². The number of aromatic amines is 1. The Morgan fingerprint density at radius 1 is 1.12 bits per heavy atom. The van der Waals surface area contributed by atoms with Crippen LogP contribution in [0.2, 0.25) is 0 Å². The molecule has 3 atom stereocenters. The topological polar surface area (TPSA) is 130 Å². The van der Waals surface area contributed by atoms with Crippen LogP contribution < -0.4 is 15.4 Å². The predicted octanol–water partition coefficient (Wildman–Crippen LogP) is 3.36. The molecule has 2 saturated heterocycles. The van der Waals surface area contributed by atoms with Crippen LogP contribution in [0.1, 0.15) is 54.6 Å². The van der Waals surface area contributed by atoms with Crippen LogP contribution in [0.5, 0.6) is 5.75 Å². The normalized spacial score (nSPS) is 21.4. The molecule has 2 aliphatic heterocycles. The van der Waals surface area contributed by atoms with E-state index >= 15 is 0 Å². The van der Waals surface area contributed by atoms with Crippen molar-refractivity contribution in [1.82, 2.24) is 20.5 Å². The van der Waals surface area contributed by atoms with Gasteiger partial charge in [-0.3, -0.25) is 19.2 Å². The number of benzene rings is 2. The van der Waals surface area contributed by atoms with E-state index in [9.17, 15) is 19.2 Å². The first kappa shape index (κ1) is 28.9. The molecule has 1 unspecified atom stereocenters. The molecule has 10 heteroatoms. The lowest BCUT2D eigenvalue weighted by molar-refractivity contribution is -0.134. The lowest BCUT2D eigenvalue weighted by atomic mass is 9.90. The van der Waals surface area contributed by atoms with E-state index in [0.717, 1.165) is 35.7 Å². The smallest absolute Gasteiger partial charge is 0.271 e. The van der Waals surface area contributed by atoms with Crippen molar-refractivity contribution in [3.8, 4) is 5.75 Å². The largest absolute Gasteiger partial charge is 0.496 e. The second kappa shape index (κ2) is 12.2. The first-order chi connectivity index (χ1) is 20.9. The number of carbonyl (C=O) groups is 4. The summed E-state index contributed by atoms with van der Waals surface area (Å²) < 4.78 is 11.2. The number of likely N-dealkylation sites (tertiary alicyclic amines) is 1. The number of aromatic nitrogens is 1. The summed E-state index contributed by atoms with van der Waals surface area (Å²) in [4.78, 5) is 58.6. The molecule has 1 aromatic heterocycles. The molecule has 1 saturated carbocycles. The molecule has 0 radical (unpaired) electrons. The van der Waals surface area contributed by atoms with E-state index in [1.54, 1.807) is 18.1 Å². The molecule has 3 heterocycles. The fraction of sp³-hybridized carbons (Fsp3) is 0.455. The maximum atomic E-state index is 13.9. The van der Waals surface area contributed by atoms with Crippen LogP contribution in [0.15, 0.2) is 54.6 Å². The summed E-state index contributed by atoms with van der Waals surface area (Å²) in [5.41, 5.74) is 2.03. The summed E-state index contributed by atoms with van der Waals surface area (Å²) in [7, 11) is 1.59. The molecule has 226 valence electrons. The molecule has 6 rings (SSSR count). The minimum atomic E-state index is -0.901. The molecule has 0 bridgehead atoms. The first-order valence-corrected chi connectivity index (χ1v) is 15.0. The molecule has 3 fully saturated rings. The Morgan fingerprint density at radius 2 is 1.93 bits per heavy atom. The average molecular weight is 587 g/mol. The zero-order chi connectivity index (χ0) is 30.0. The van der Waals surface area contributed by atoms with Gasteiger partial charge in [0.2, 0.25) is 11.8 Å². The molecule has 3 aromatic rings. The zero-order valence-corrected chi connectivity index (χ0v) is 24.4. The Labute approximate surface area is 250 Å². The summed E-state index contributed by atoms with van der Waals surface area (Å²) in [6, 6.07) is 15.3. The third-order valence-corrected chi connectivity index (χ3v) is 9.08. The van der Waals surface area contributed by atoms with Crippen LogP contribution >= 0.6 is 0 Å². The van der Waals surface area contributed by atoms with Gasteiger partial charge < -0.3 is 30.0 Å². The van der Waals surface area contributed by atoms with Gasteiger partial charge in [0.1, 0.15) is 24.1 Å². The van der Waals surface area contributed by atoms with E-state index in [-0.39, 0.29) is 54.5 Å². The van der Waals surface area contributed by atoms with Gasteiger partial charge in [-0.25, -0.2) is 0 Å². The molecule has 3 aliphatic rings. The van der Waals surface area contributed by atoms with Crippen LogP contribution in [0.4, 0.5) is 0 Å². The fourth-order valence-corrected chi connectivity index (χ4v) is 6.45. The van der Waals surface area contributed by atoms with E-state index < -0.39 is 12.1 Å².